The number of hydrogen-bond acceptors (Lipinski definition) is 3. The van der Waals surface area contributed by atoms with Crippen molar-refractivity contribution in [1.82, 2.24) is 10.2 Å². The molecule has 0 aromatic carbocycles. The van der Waals surface area contributed by atoms with Crippen molar-refractivity contribution in [3.8, 4) is 0 Å². The van der Waals surface area contributed by atoms with Gasteiger partial charge in [0.15, 0.2) is 0 Å². The maximum atomic E-state index is 12.2. The molecule has 0 spiro atoms. The van der Waals surface area contributed by atoms with Crippen LogP contribution in [0.3, 0.4) is 0 Å². The SMILES string of the molecule is CC(C)COCCN1CCCC(NC(C)C)C1=O. The normalized spacial score (nSPS) is 21.1. The highest BCUT2D eigenvalue weighted by Gasteiger charge is 2.28. The first-order valence-electron chi connectivity index (χ1n) is 7.13. The van der Waals surface area contributed by atoms with E-state index in [0.717, 1.165) is 32.5 Å². The molecule has 1 unspecified atom stereocenters. The molecule has 1 atom stereocenters. The molecule has 1 rings (SSSR count). The van der Waals surface area contributed by atoms with Crippen molar-refractivity contribution in [3.05, 3.63) is 0 Å². The van der Waals surface area contributed by atoms with Crippen LogP contribution >= 0.6 is 0 Å². The molecule has 18 heavy (non-hydrogen) atoms. The van der Waals surface area contributed by atoms with Crippen LogP contribution in [-0.2, 0) is 9.53 Å². The van der Waals surface area contributed by atoms with E-state index in [0.29, 0.717) is 18.6 Å². The molecule has 0 aromatic heterocycles. The van der Waals surface area contributed by atoms with E-state index in [-0.39, 0.29) is 11.9 Å². The van der Waals surface area contributed by atoms with Gasteiger partial charge in [0.05, 0.1) is 12.6 Å². The van der Waals surface area contributed by atoms with Crippen LogP contribution in [0.4, 0.5) is 0 Å². The highest BCUT2D eigenvalue weighted by Crippen LogP contribution is 2.12. The summed E-state index contributed by atoms with van der Waals surface area (Å²) >= 11 is 0. The third-order valence-corrected chi connectivity index (χ3v) is 3.02. The second-order valence-electron chi connectivity index (χ2n) is 5.81. The second-order valence-corrected chi connectivity index (χ2v) is 5.81. The molecule has 106 valence electrons. The Bertz CT molecular complexity index is 254. The van der Waals surface area contributed by atoms with Gasteiger partial charge in [0.25, 0.3) is 0 Å². The number of nitrogens with one attached hydrogen (secondary N) is 1. The van der Waals surface area contributed by atoms with Crippen LogP contribution in [0.25, 0.3) is 0 Å². The molecular formula is C14H28N2O2. The van der Waals surface area contributed by atoms with E-state index in [1.54, 1.807) is 0 Å². The minimum atomic E-state index is 0.00356. The lowest BCUT2D eigenvalue weighted by molar-refractivity contribution is -0.137. The molecule has 1 aliphatic heterocycles. The Morgan fingerprint density at radius 1 is 1.39 bits per heavy atom. The predicted molar refractivity (Wildman–Crippen MR) is 73.5 cm³/mol. The summed E-state index contributed by atoms with van der Waals surface area (Å²) < 4.78 is 5.55. The maximum Gasteiger partial charge on any atom is 0.239 e. The number of amides is 1. The number of likely N-dealkylation sites (tertiary alicyclic amines) is 1. The van der Waals surface area contributed by atoms with Crippen LogP contribution in [0.15, 0.2) is 0 Å². The fourth-order valence-electron chi connectivity index (χ4n) is 2.21. The Balaban J connectivity index is 2.30. The molecule has 0 bridgehead atoms. The van der Waals surface area contributed by atoms with Crippen LogP contribution in [0, 0.1) is 5.92 Å². The molecule has 0 aromatic rings. The fourth-order valence-corrected chi connectivity index (χ4v) is 2.21. The third-order valence-electron chi connectivity index (χ3n) is 3.02. The van der Waals surface area contributed by atoms with Crippen LogP contribution in [0.1, 0.15) is 40.5 Å². The largest absolute Gasteiger partial charge is 0.379 e. The zero-order chi connectivity index (χ0) is 13.5. The summed E-state index contributed by atoms with van der Waals surface area (Å²) in [5.41, 5.74) is 0. The van der Waals surface area contributed by atoms with Gasteiger partial charge in [-0.15, -0.1) is 0 Å². The van der Waals surface area contributed by atoms with Crippen LogP contribution < -0.4 is 5.32 Å². The molecular weight excluding hydrogens is 228 g/mol. The van der Waals surface area contributed by atoms with E-state index in [4.69, 9.17) is 4.74 Å². The number of rotatable bonds is 7. The van der Waals surface area contributed by atoms with E-state index >= 15 is 0 Å². The van der Waals surface area contributed by atoms with Gasteiger partial charge in [-0.05, 0) is 18.8 Å². The van der Waals surface area contributed by atoms with Crippen molar-refractivity contribution in [2.75, 3.05) is 26.3 Å². The standard InChI is InChI=1S/C14H28N2O2/c1-11(2)10-18-9-8-16-7-5-6-13(14(16)17)15-12(3)4/h11-13,15H,5-10H2,1-4H3. The van der Waals surface area contributed by atoms with Gasteiger partial charge in [-0.2, -0.15) is 0 Å². The van der Waals surface area contributed by atoms with Crippen molar-refractivity contribution in [2.24, 2.45) is 5.92 Å². The quantitative estimate of drug-likeness (QED) is 0.704. The van der Waals surface area contributed by atoms with Gasteiger partial charge in [-0.3, -0.25) is 4.79 Å². The van der Waals surface area contributed by atoms with E-state index in [9.17, 15) is 4.79 Å². The van der Waals surface area contributed by atoms with Crippen LogP contribution in [0.2, 0.25) is 0 Å². The van der Waals surface area contributed by atoms with Crippen molar-refractivity contribution in [1.29, 1.82) is 0 Å². The van der Waals surface area contributed by atoms with Crippen LogP contribution in [-0.4, -0.2) is 49.2 Å². The van der Waals surface area contributed by atoms with Crippen LogP contribution in [0.5, 0.6) is 0 Å². The van der Waals surface area contributed by atoms with Crippen molar-refractivity contribution in [3.63, 3.8) is 0 Å². The highest BCUT2D eigenvalue weighted by molar-refractivity contribution is 5.82. The Labute approximate surface area is 111 Å². The summed E-state index contributed by atoms with van der Waals surface area (Å²) in [6, 6.07) is 0.361. The van der Waals surface area contributed by atoms with Gasteiger partial charge >= 0.3 is 0 Å². The lowest BCUT2D eigenvalue weighted by atomic mass is 10.0. The third kappa shape index (κ3) is 5.36. The minimum absolute atomic E-state index is 0.00356. The first-order chi connectivity index (χ1) is 8.50. The Kier molecular flexibility index (Phi) is 6.65. The molecule has 4 heteroatoms. The number of ether oxygens (including phenoxy) is 1. The Morgan fingerprint density at radius 3 is 2.72 bits per heavy atom. The average Bonchev–Trinajstić information content (AvgIpc) is 2.28. The van der Waals surface area contributed by atoms with Crippen molar-refractivity contribution < 1.29 is 9.53 Å². The van der Waals surface area contributed by atoms with Gasteiger partial charge in [0.1, 0.15) is 0 Å². The number of nitrogens with zero attached hydrogens (tertiary/aromatic N) is 1. The van der Waals surface area contributed by atoms with Crippen molar-refractivity contribution >= 4 is 5.91 Å². The molecule has 1 N–H and O–H groups in total. The lowest BCUT2D eigenvalue weighted by Gasteiger charge is -2.33. The van der Waals surface area contributed by atoms with E-state index in [1.807, 2.05) is 4.90 Å². The monoisotopic (exact) mass is 256 g/mol. The van der Waals surface area contributed by atoms with Gasteiger partial charge < -0.3 is 15.0 Å². The zero-order valence-corrected chi connectivity index (χ0v) is 12.2. The molecule has 4 nitrogen and oxygen atoms in total. The van der Waals surface area contributed by atoms with Gasteiger partial charge in [-0.25, -0.2) is 0 Å². The number of hydrogen-bond donors (Lipinski definition) is 1. The minimum Gasteiger partial charge on any atom is -0.379 e. The molecule has 1 heterocycles. The summed E-state index contributed by atoms with van der Waals surface area (Å²) in [5, 5.41) is 3.34. The molecule has 1 aliphatic rings. The summed E-state index contributed by atoms with van der Waals surface area (Å²) in [6.07, 6.45) is 2.04. The highest BCUT2D eigenvalue weighted by atomic mass is 16.5. The Hall–Kier alpha value is -0.610. The summed E-state index contributed by atoms with van der Waals surface area (Å²) in [5.74, 6) is 0.792. The van der Waals surface area contributed by atoms with Gasteiger partial charge in [-0.1, -0.05) is 27.7 Å². The first-order valence-corrected chi connectivity index (χ1v) is 7.13. The molecule has 0 aliphatic carbocycles. The molecule has 0 radical (unpaired) electrons. The Morgan fingerprint density at radius 2 is 2.11 bits per heavy atom. The number of piperidine rings is 1. The number of carbonyl (C=O) groups excluding carboxylic acids is 1. The van der Waals surface area contributed by atoms with E-state index in [1.165, 1.54) is 0 Å². The summed E-state index contributed by atoms with van der Waals surface area (Å²) in [6.45, 7) is 11.5. The second kappa shape index (κ2) is 7.74. The van der Waals surface area contributed by atoms with Gasteiger partial charge in [0.2, 0.25) is 5.91 Å². The average molecular weight is 256 g/mol. The fraction of sp³-hybridized carbons (Fsp3) is 0.929. The number of carbonyl (C=O) groups is 1. The summed E-state index contributed by atoms with van der Waals surface area (Å²) in [4.78, 5) is 14.1. The van der Waals surface area contributed by atoms with Crippen molar-refractivity contribution in [2.45, 2.75) is 52.6 Å². The topological polar surface area (TPSA) is 41.6 Å². The van der Waals surface area contributed by atoms with Gasteiger partial charge in [0, 0.05) is 25.7 Å². The smallest absolute Gasteiger partial charge is 0.239 e. The molecule has 0 saturated carbocycles. The first kappa shape index (κ1) is 15.4. The lowest BCUT2D eigenvalue weighted by Crippen LogP contribution is -2.53. The van der Waals surface area contributed by atoms with E-state index < -0.39 is 0 Å². The predicted octanol–water partition coefficient (Wildman–Crippen LogP) is 1.65. The summed E-state index contributed by atoms with van der Waals surface area (Å²) in [7, 11) is 0. The maximum absolute atomic E-state index is 12.2. The zero-order valence-electron chi connectivity index (χ0n) is 12.2. The molecule has 1 fully saturated rings. The van der Waals surface area contributed by atoms with E-state index in [2.05, 4.69) is 33.0 Å². The molecule has 1 saturated heterocycles. The molecule has 1 amide bonds.